The molecule has 1 fully saturated rings. The average Bonchev–Trinajstić information content (AvgIpc) is 2.47. The van der Waals surface area contributed by atoms with Crippen molar-refractivity contribution in [1.82, 2.24) is 9.47 Å². The van der Waals surface area contributed by atoms with Crippen molar-refractivity contribution >= 4 is 11.9 Å². The van der Waals surface area contributed by atoms with Crippen LogP contribution in [0.25, 0.3) is 0 Å². The first-order valence-corrected chi connectivity index (χ1v) is 8.25. The van der Waals surface area contributed by atoms with E-state index in [2.05, 4.69) is 0 Å². The van der Waals surface area contributed by atoms with E-state index in [1.54, 1.807) is 24.2 Å². The Labute approximate surface area is 142 Å². The normalized spacial score (nSPS) is 21.5. The van der Waals surface area contributed by atoms with Gasteiger partial charge in [-0.1, -0.05) is 6.92 Å². The van der Waals surface area contributed by atoms with Crippen LogP contribution in [-0.2, 0) is 16.6 Å². The minimum absolute atomic E-state index is 0.201. The highest BCUT2D eigenvalue weighted by atomic mass is 16.6. The quantitative estimate of drug-likeness (QED) is 0.774. The van der Waals surface area contributed by atoms with Crippen molar-refractivity contribution < 1.29 is 14.3 Å². The average molecular weight is 334 g/mol. The topological polar surface area (TPSA) is 68.6 Å². The van der Waals surface area contributed by atoms with Gasteiger partial charge in [0.25, 0.3) is 11.5 Å². The number of carbonyl (C=O) groups is 2. The highest BCUT2D eigenvalue weighted by molar-refractivity contribution is 5.94. The lowest BCUT2D eigenvalue weighted by Crippen LogP contribution is -2.47. The summed E-state index contributed by atoms with van der Waals surface area (Å²) in [6.07, 6.45) is 2.28. The van der Waals surface area contributed by atoms with E-state index in [-0.39, 0.29) is 29.3 Å². The summed E-state index contributed by atoms with van der Waals surface area (Å²) in [6, 6.07) is 2.97. The van der Waals surface area contributed by atoms with Crippen LogP contribution < -0.4 is 5.56 Å². The van der Waals surface area contributed by atoms with Crippen LogP contribution >= 0.6 is 0 Å². The molecule has 0 unspecified atom stereocenters. The number of pyridine rings is 1. The number of rotatable bonds is 2. The number of esters is 1. The van der Waals surface area contributed by atoms with Crippen LogP contribution in [0.2, 0.25) is 0 Å². The number of hydrogen-bond acceptors (Lipinski definition) is 4. The van der Waals surface area contributed by atoms with Gasteiger partial charge in [0, 0.05) is 38.0 Å². The molecule has 0 spiro atoms. The smallest absolute Gasteiger partial charge is 0.311 e. The van der Waals surface area contributed by atoms with E-state index in [1.165, 1.54) is 10.6 Å². The number of aryl methyl sites for hydroxylation is 1. The second-order valence-electron chi connectivity index (χ2n) is 7.65. The maximum Gasteiger partial charge on any atom is 0.311 e. The molecule has 0 aliphatic carbocycles. The molecule has 0 N–H and O–H groups in total. The predicted molar refractivity (Wildman–Crippen MR) is 90.7 cm³/mol. The minimum Gasteiger partial charge on any atom is -0.460 e. The van der Waals surface area contributed by atoms with Crippen molar-refractivity contribution in [3.05, 3.63) is 34.2 Å². The number of likely N-dealkylation sites (tertiary alicyclic amines) is 1. The Kier molecular flexibility index (Phi) is 5.16. The first-order chi connectivity index (χ1) is 11.1. The fraction of sp³-hybridized carbons (Fsp3) is 0.611. The molecule has 132 valence electrons. The Morgan fingerprint density at radius 2 is 1.92 bits per heavy atom. The summed E-state index contributed by atoms with van der Waals surface area (Å²) in [4.78, 5) is 38.4. The van der Waals surface area contributed by atoms with Crippen molar-refractivity contribution in [2.45, 2.75) is 39.7 Å². The molecule has 1 saturated heterocycles. The van der Waals surface area contributed by atoms with Gasteiger partial charge in [-0.25, -0.2) is 0 Å². The number of carbonyl (C=O) groups excluding carboxylic acids is 2. The van der Waals surface area contributed by atoms with Crippen LogP contribution in [0.3, 0.4) is 0 Å². The molecule has 6 heteroatoms. The summed E-state index contributed by atoms with van der Waals surface area (Å²) in [7, 11) is 1.64. The zero-order valence-electron chi connectivity index (χ0n) is 15.0. The summed E-state index contributed by atoms with van der Waals surface area (Å²) in [5.41, 5.74) is -0.414. The molecule has 24 heavy (non-hydrogen) atoms. The van der Waals surface area contributed by atoms with Gasteiger partial charge in [-0.05, 0) is 39.2 Å². The van der Waals surface area contributed by atoms with Crippen LogP contribution in [-0.4, -0.2) is 40.0 Å². The standard InChI is InChI=1S/C18H26N2O4/c1-12-8-14(17(23)24-18(2,3)4)11-20(10-12)16(22)13-6-7-19(5)15(21)9-13/h6-7,9,12,14H,8,10-11H2,1-5H3/t12-,14-/m0/s1. The number of ether oxygens (including phenoxy) is 1. The van der Waals surface area contributed by atoms with Crippen molar-refractivity contribution in [3.8, 4) is 0 Å². The molecule has 1 aliphatic rings. The second-order valence-corrected chi connectivity index (χ2v) is 7.65. The molecular formula is C18H26N2O4. The Hall–Kier alpha value is -2.11. The lowest BCUT2D eigenvalue weighted by molar-refractivity contribution is -0.162. The zero-order valence-corrected chi connectivity index (χ0v) is 15.0. The van der Waals surface area contributed by atoms with Crippen LogP contribution in [0.1, 0.15) is 44.5 Å². The Morgan fingerprint density at radius 1 is 1.25 bits per heavy atom. The molecule has 2 atom stereocenters. The maximum absolute atomic E-state index is 12.7. The van der Waals surface area contributed by atoms with E-state index in [0.717, 1.165) is 0 Å². The van der Waals surface area contributed by atoms with Crippen LogP contribution in [0, 0.1) is 11.8 Å². The number of aromatic nitrogens is 1. The highest BCUT2D eigenvalue weighted by Gasteiger charge is 2.34. The van der Waals surface area contributed by atoms with Crippen molar-refractivity contribution in [3.63, 3.8) is 0 Å². The molecule has 2 rings (SSSR count). The number of amides is 1. The van der Waals surface area contributed by atoms with E-state index in [1.807, 2.05) is 27.7 Å². The van der Waals surface area contributed by atoms with Crippen molar-refractivity contribution in [1.29, 1.82) is 0 Å². The molecule has 0 aromatic carbocycles. The van der Waals surface area contributed by atoms with Gasteiger partial charge in [-0.15, -0.1) is 0 Å². The van der Waals surface area contributed by atoms with Gasteiger partial charge in [0.15, 0.2) is 0 Å². The van der Waals surface area contributed by atoms with E-state index < -0.39 is 5.60 Å². The number of nitrogens with zero attached hydrogens (tertiary/aromatic N) is 2. The largest absolute Gasteiger partial charge is 0.460 e. The first-order valence-electron chi connectivity index (χ1n) is 8.25. The summed E-state index contributed by atoms with van der Waals surface area (Å²) >= 11 is 0. The third-order valence-corrected chi connectivity index (χ3v) is 4.04. The van der Waals surface area contributed by atoms with Gasteiger partial charge in [-0.3, -0.25) is 14.4 Å². The number of hydrogen-bond donors (Lipinski definition) is 0. The molecule has 0 bridgehead atoms. The molecule has 1 amide bonds. The Bertz CT molecular complexity index is 687. The molecular weight excluding hydrogens is 308 g/mol. The van der Waals surface area contributed by atoms with E-state index in [9.17, 15) is 14.4 Å². The van der Waals surface area contributed by atoms with Gasteiger partial charge in [-0.2, -0.15) is 0 Å². The lowest BCUT2D eigenvalue weighted by Gasteiger charge is -2.36. The molecule has 1 aromatic rings. The van der Waals surface area contributed by atoms with E-state index in [0.29, 0.717) is 25.1 Å². The summed E-state index contributed by atoms with van der Waals surface area (Å²) in [5.74, 6) is -0.612. The molecule has 1 aromatic heterocycles. The Balaban J connectivity index is 2.15. The molecule has 1 aliphatic heterocycles. The molecule has 6 nitrogen and oxygen atoms in total. The minimum atomic E-state index is -0.543. The van der Waals surface area contributed by atoms with Gasteiger partial charge >= 0.3 is 5.97 Å². The first kappa shape index (κ1) is 18.2. The van der Waals surface area contributed by atoms with Gasteiger partial charge in [0.2, 0.25) is 0 Å². The van der Waals surface area contributed by atoms with Crippen LogP contribution in [0.5, 0.6) is 0 Å². The van der Waals surface area contributed by atoms with E-state index >= 15 is 0 Å². The predicted octanol–water partition coefficient (Wildman–Crippen LogP) is 1.83. The Morgan fingerprint density at radius 3 is 2.50 bits per heavy atom. The number of piperidine rings is 1. The molecule has 0 saturated carbocycles. The third kappa shape index (κ3) is 4.46. The van der Waals surface area contributed by atoms with Crippen molar-refractivity contribution in [2.75, 3.05) is 13.1 Å². The SMILES string of the molecule is C[C@H]1C[C@H](C(=O)OC(C)(C)C)CN(C(=O)c2ccn(C)c(=O)c2)C1. The van der Waals surface area contributed by atoms with Crippen LogP contribution in [0.15, 0.2) is 23.1 Å². The molecule has 0 radical (unpaired) electrons. The van der Waals surface area contributed by atoms with Crippen LogP contribution in [0.4, 0.5) is 0 Å². The summed E-state index contributed by atoms with van der Waals surface area (Å²) in [5, 5.41) is 0. The van der Waals surface area contributed by atoms with Crippen molar-refractivity contribution in [2.24, 2.45) is 18.9 Å². The fourth-order valence-corrected chi connectivity index (χ4v) is 2.94. The van der Waals surface area contributed by atoms with E-state index in [4.69, 9.17) is 4.74 Å². The third-order valence-electron chi connectivity index (χ3n) is 4.04. The summed E-state index contributed by atoms with van der Waals surface area (Å²) < 4.78 is 6.88. The van der Waals surface area contributed by atoms with Gasteiger partial charge in [0.05, 0.1) is 5.92 Å². The van der Waals surface area contributed by atoms with Gasteiger partial charge in [0.1, 0.15) is 5.60 Å². The lowest BCUT2D eigenvalue weighted by atomic mass is 9.90. The highest BCUT2D eigenvalue weighted by Crippen LogP contribution is 2.25. The fourth-order valence-electron chi connectivity index (χ4n) is 2.94. The summed E-state index contributed by atoms with van der Waals surface area (Å²) in [6.45, 7) is 8.42. The second kappa shape index (κ2) is 6.79. The zero-order chi connectivity index (χ0) is 18.1. The maximum atomic E-state index is 12.7. The monoisotopic (exact) mass is 334 g/mol. The van der Waals surface area contributed by atoms with Gasteiger partial charge < -0.3 is 14.2 Å². The molecule has 2 heterocycles.